The summed E-state index contributed by atoms with van der Waals surface area (Å²) in [4.78, 5) is 13.8. The second-order valence-electron chi connectivity index (χ2n) is 5.07. The normalized spacial score (nSPS) is 15.7. The molecule has 1 aromatic carbocycles. The van der Waals surface area contributed by atoms with Gasteiger partial charge in [0.05, 0.1) is 13.4 Å². The number of carbonyl (C=O) groups excluding carboxylic acids is 1. The lowest BCUT2D eigenvalue weighted by Gasteiger charge is -2.29. The average Bonchev–Trinajstić information content (AvgIpc) is 2.44. The summed E-state index contributed by atoms with van der Waals surface area (Å²) in [5.41, 5.74) is 3.60. The Labute approximate surface area is 123 Å². The molecule has 1 unspecified atom stereocenters. The van der Waals surface area contributed by atoms with Crippen LogP contribution in [0.15, 0.2) is 12.1 Å². The molecule has 110 valence electrons. The summed E-state index contributed by atoms with van der Waals surface area (Å²) in [6.45, 7) is 3.40. The van der Waals surface area contributed by atoms with Gasteiger partial charge in [-0.2, -0.15) is 0 Å². The number of hydrogen-bond acceptors (Lipinski definition) is 3. The van der Waals surface area contributed by atoms with Crippen molar-refractivity contribution in [2.45, 2.75) is 26.3 Å². The molecule has 1 aromatic rings. The highest BCUT2D eigenvalue weighted by Gasteiger charge is 2.24. The first-order chi connectivity index (χ1) is 9.55. The molecule has 0 spiro atoms. The molecule has 0 radical (unpaired) electrons. The number of amides is 1. The fourth-order valence-electron chi connectivity index (χ4n) is 2.58. The average molecular weight is 295 g/mol. The van der Waals surface area contributed by atoms with Crippen molar-refractivity contribution in [1.29, 1.82) is 0 Å². The van der Waals surface area contributed by atoms with E-state index in [2.05, 4.69) is 19.1 Å². The standard InChI is InChI=1S/C15H21NO3S/c1-4-11-7-13-9-16(15(17)10-20(3)18)6-5-12(13)8-14(11)19-2/h7-8H,4-6,9-10H2,1-3H3. The van der Waals surface area contributed by atoms with Gasteiger partial charge >= 0.3 is 0 Å². The van der Waals surface area contributed by atoms with Crippen LogP contribution in [0, 0.1) is 0 Å². The molecule has 5 heteroatoms. The van der Waals surface area contributed by atoms with E-state index in [1.165, 1.54) is 16.7 Å². The Kier molecular flexibility index (Phi) is 4.94. The SMILES string of the molecule is CCc1cc2c(cc1OC)CCN(C(=O)C[S+](C)[O-])C2. The number of hydrogen-bond donors (Lipinski definition) is 0. The van der Waals surface area contributed by atoms with Crippen LogP contribution in [0.25, 0.3) is 0 Å². The highest BCUT2D eigenvalue weighted by molar-refractivity contribution is 7.91. The molecule has 1 heterocycles. The second kappa shape index (κ2) is 6.50. The zero-order valence-corrected chi connectivity index (χ0v) is 13.1. The minimum Gasteiger partial charge on any atom is -0.616 e. The van der Waals surface area contributed by atoms with Gasteiger partial charge in [0.2, 0.25) is 0 Å². The van der Waals surface area contributed by atoms with Crippen LogP contribution in [0.2, 0.25) is 0 Å². The predicted octanol–water partition coefficient (Wildman–Crippen LogP) is 1.52. The van der Waals surface area contributed by atoms with Gasteiger partial charge in [-0.1, -0.05) is 13.0 Å². The first-order valence-corrected chi connectivity index (χ1v) is 8.54. The highest BCUT2D eigenvalue weighted by atomic mass is 32.2. The van der Waals surface area contributed by atoms with Crippen LogP contribution in [0.3, 0.4) is 0 Å². The van der Waals surface area contributed by atoms with E-state index < -0.39 is 11.2 Å². The van der Waals surface area contributed by atoms with E-state index in [1.807, 2.05) is 0 Å². The van der Waals surface area contributed by atoms with Gasteiger partial charge < -0.3 is 14.2 Å². The van der Waals surface area contributed by atoms with Gasteiger partial charge in [-0.3, -0.25) is 4.79 Å². The molecular weight excluding hydrogens is 274 g/mol. The molecule has 1 amide bonds. The van der Waals surface area contributed by atoms with Gasteiger partial charge in [0.15, 0.2) is 5.75 Å². The van der Waals surface area contributed by atoms with Crippen molar-refractivity contribution in [1.82, 2.24) is 4.90 Å². The van der Waals surface area contributed by atoms with Crippen molar-refractivity contribution < 1.29 is 14.1 Å². The second-order valence-corrected chi connectivity index (χ2v) is 6.50. The van der Waals surface area contributed by atoms with Crippen LogP contribution < -0.4 is 4.74 Å². The van der Waals surface area contributed by atoms with Gasteiger partial charge in [0, 0.05) is 13.1 Å². The Morgan fingerprint density at radius 3 is 2.80 bits per heavy atom. The molecule has 0 saturated carbocycles. The third-order valence-electron chi connectivity index (χ3n) is 3.68. The maximum atomic E-state index is 12.0. The molecule has 0 bridgehead atoms. The zero-order chi connectivity index (χ0) is 14.7. The number of carbonyl (C=O) groups is 1. The third-order valence-corrected chi connectivity index (χ3v) is 4.33. The van der Waals surface area contributed by atoms with E-state index in [4.69, 9.17) is 4.74 Å². The molecular formula is C15H21NO3S. The maximum absolute atomic E-state index is 12.0. The molecule has 1 aliphatic rings. The van der Waals surface area contributed by atoms with Crippen LogP contribution in [0.5, 0.6) is 5.75 Å². The summed E-state index contributed by atoms with van der Waals surface area (Å²) in [7, 11) is 1.69. The van der Waals surface area contributed by atoms with E-state index in [9.17, 15) is 9.35 Å². The Hall–Kier alpha value is -1.20. The number of ether oxygens (including phenoxy) is 1. The fourth-order valence-corrected chi connectivity index (χ4v) is 3.11. The van der Waals surface area contributed by atoms with Crippen LogP contribution >= 0.6 is 0 Å². The topological polar surface area (TPSA) is 52.6 Å². The first kappa shape index (κ1) is 15.2. The van der Waals surface area contributed by atoms with E-state index in [-0.39, 0.29) is 11.7 Å². The molecule has 0 N–H and O–H groups in total. The quantitative estimate of drug-likeness (QED) is 0.791. The smallest absolute Gasteiger partial charge is 0.272 e. The van der Waals surface area contributed by atoms with Crippen molar-refractivity contribution in [3.8, 4) is 5.75 Å². The summed E-state index contributed by atoms with van der Waals surface area (Å²) < 4.78 is 16.6. The summed E-state index contributed by atoms with van der Waals surface area (Å²) in [5, 5.41) is 0. The van der Waals surface area contributed by atoms with Crippen LogP contribution in [0.1, 0.15) is 23.6 Å². The van der Waals surface area contributed by atoms with Crippen LogP contribution in [0.4, 0.5) is 0 Å². The third kappa shape index (κ3) is 3.27. The summed E-state index contributed by atoms with van der Waals surface area (Å²) in [5.74, 6) is 1.03. The minimum absolute atomic E-state index is 0.0228. The first-order valence-electron chi connectivity index (χ1n) is 6.81. The van der Waals surface area contributed by atoms with Gasteiger partial charge in [-0.05, 0) is 46.8 Å². The molecule has 0 aromatic heterocycles. The Morgan fingerprint density at radius 2 is 2.20 bits per heavy atom. The summed E-state index contributed by atoms with van der Waals surface area (Å²) in [6, 6.07) is 4.23. The molecule has 4 nitrogen and oxygen atoms in total. The fraction of sp³-hybridized carbons (Fsp3) is 0.533. The largest absolute Gasteiger partial charge is 0.616 e. The van der Waals surface area contributed by atoms with Gasteiger partial charge in [-0.25, -0.2) is 0 Å². The predicted molar refractivity (Wildman–Crippen MR) is 80.4 cm³/mol. The van der Waals surface area contributed by atoms with Crippen LogP contribution in [-0.2, 0) is 35.4 Å². The number of aryl methyl sites for hydroxylation is 1. The number of fused-ring (bicyclic) bond motifs is 1. The lowest BCUT2D eigenvalue weighted by atomic mass is 9.95. The minimum atomic E-state index is -1.08. The number of methoxy groups -OCH3 is 1. The molecule has 0 saturated heterocycles. The monoisotopic (exact) mass is 295 g/mol. The molecule has 20 heavy (non-hydrogen) atoms. The Morgan fingerprint density at radius 1 is 1.45 bits per heavy atom. The Balaban J connectivity index is 2.19. The lowest BCUT2D eigenvalue weighted by Crippen LogP contribution is -2.39. The molecule has 1 atom stereocenters. The van der Waals surface area contributed by atoms with Crippen molar-refractivity contribution in [2.24, 2.45) is 0 Å². The van der Waals surface area contributed by atoms with Crippen molar-refractivity contribution in [3.05, 3.63) is 28.8 Å². The van der Waals surface area contributed by atoms with E-state index in [0.29, 0.717) is 13.1 Å². The van der Waals surface area contributed by atoms with Gasteiger partial charge in [0.25, 0.3) is 5.91 Å². The van der Waals surface area contributed by atoms with Crippen molar-refractivity contribution in [3.63, 3.8) is 0 Å². The molecule has 0 aliphatic carbocycles. The van der Waals surface area contributed by atoms with E-state index in [1.54, 1.807) is 18.3 Å². The Bertz CT molecular complexity index is 502. The molecule has 1 aliphatic heterocycles. The summed E-state index contributed by atoms with van der Waals surface area (Å²) >= 11 is -1.08. The number of benzene rings is 1. The lowest BCUT2D eigenvalue weighted by molar-refractivity contribution is -0.129. The van der Waals surface area contributed by atoms with E-state index >= 15 is 0 Å². The maximum Gasteiger partial charge on any atom is 0.272 e. The van der Waals surface area contributed by atoms with Gasteiger partial charge in [-0.15, -0.1) is 0 Å². The van der Waals surface area contributed by atoms with Crippen molar-refractivity contribution >= 4 is 17.1 Å². The molecule has 0 fully saturated rings. The van der Waals surface area contributed by atoms with Crippen LogP contribution in [-0.4, -0.2) is 41.0 Å². The number of nitrogens with zero attached hydrogens (tertiary/aromatic N) is 1. The van der Waals surface area contributed by atoms with Gasteiger partial charge in [0.1, 0.15) is 5.75 Å². The zero-order valence-electron chi connectivity index (χ0n) is 12.3. The highest BCUT2D eigenvalue weighted by Crippen LogP contribution is 2.28. The summed E-state index contributed by atoms with van der Waals surface area (Å²) in [6.07, 6.45) is 3.30. The van der Waals surface area contributed by atoms with E-state index in [0.717, 1.165) is 18.6 Å². The van der Waals surface area contributed by atoms with Crippen molar-refractivity contribution in [2.75, 3.05) is 25.7 Å². The number of rotatable bonds is 4. The molecule has 2 rings (SSSR count).